The van der Waals surface area contributed by atoms with Crippen molar-refractivity contribution in [3.8, 4) is 28.7 Å². The molecule has 128 valence electrons. The van der Waals surface area contributed by atoms with Gasteiger partial charge in [-0.15, -0.1) is 0 Å². The molecule has 0 spiro atoms. The van der Waals surface area contributed by atoms with Gasteiger partial charge in [0, 0.05) is 23.3 Å². The third-order valence-corrected chi connectivity index (χ3v) is 4.61. The molecule has 0 atom stereocenters. The van der Waals surface area contributed by atoms with Crippen molar-refractivity contribution in [1.29, 1.82) is 5.26 Å². The lowest BCUT2D eigenvalue weighted by molar-refractivity contribution is 0.118. The average molecular weight is 337 g/mol. The molecule has 0 unspecified atom stereocenters. The van der Waals surface area contributed by atoms with Crippen LogP contribution in [-0.2, 0) is 0 Å². The molecular formula is C21H20FNO2. The van der Waals surface area contributed by atoms with Crippen molar-refractivity contribution >= 4 is 6.08 Å². The first kappa shape index (κ1) is 17.0. The monoisotopic (exact) mass is 337 g/mol. The Morgan fingerprint density at radius 1 is 1.20 bits per heavy atom. The van der Waals surface area contributed by atoms with Crippen molar-refractivity contribution in [2.45, 2.75) is 33.6 Å². The van der Waals surface area contributed by atoms with Crippen molar-refractivity contribution < 1.29 is 13.9 Å². The molecule has 0 amide bonds. The molecule has 2 aromatic carbocycles. The molecule has 0 aliphatic carbocycles. The Hall–Kier alpha value is -2.80. The van der Waals surface area contributed by atoms with E-state index in [1.807, 2.05) is 19.9 Å². The summed E-state index contributed by atoms with van der Waals surface area (Å²) in [7, 11) is 0. The van der Waals surface area contributed by atoms with Crippen LogP contribution in [-0.4, -0.2) is 6.79 Å². The van der Waals surface area contributed by atoms with E-state index in [0.717, 1.165) is 39.1 Å². The third kappa shape index (κ3) is 2.87. The van der Waals surface area contributed by atoms with Crippen LogP contribution in [0.3, 0.4) is 0 Å². The fourth-order valence-electron chi connectivity index (χ4n) is 3.39. The second kappa shape index (κ2) is 6.60. The van der Waals surface area contributed by atoms with Crippen molar-refractivity contribution in [2.75, 3.05) is 6.79 Å². The van der Waals surface area contributed by atoms with Crippen LogP contribution in [0.25, 0.3) is 17.2 Å². The normalized spacial score (nSPS) is 12.8. The molecule has 0 aromatic heterocycles. The van der Waals surface area contributed by atoms with Gasteiger partial charge in [-0.25, -0.2) is 4.39 Å². The number of nitriles is 1. The summed E-state index contributed by atoms with van der Waals surface area (Å²) in [6, 6.07) is 6.59. The maximum absolute atomic E-state index is 13.7. The highest BCUT2D eigenvalue weighted by Crippen LogP contribution is 2.46. The van der Waals surface area contributed by atoms with Crippen LogP contribution in [0.4, 0.5) is 4.39 Å². The maximum atomic E-state index is 13.7. The van der Waals surface area contributed by atoms with Crippen LogP contribution in [0.2, 0.25) is 0 Å². The van der Waals surface area contributed by atoms with Gasteiger partial charge in [0.05, 0.1) is 6.07 Å². The topological polar surface area (TPSA) is 42.2 Å². The molecule has 2 bridgehead atoms. The van der Waals surface area contributed by atoms with Gasteiger partial charge >= 0.3 is 0 Å². The standard InChI is InChI=1S/C21H20FNO2/c1-12(2)19-17(6-5-9-23)20-13(3)14(4)21(19)25-11-24-18-10-15(22)7-8-16(18)20/h5-8,10,12H,11H2,1-4H3/b6-5+. The Morgan fingerprint density at radius 3 is 2.64 bits per heavy atom. The maximum Gasteiger partial charge on any atom is 0.230 e. The first-order valence-corrected chi connectivity index (χ1v) is 8.24. The summed E-state index contributed by atoms with van der Waals surface area (Å²) in [6.07, 6.45) is 3.27. The predicted octanol–water partition coefficient (Wildman–Crippen LogP) is 5.50. The minimum absolute atomic E-state index is 0.00908. The molecular weight excluding hydrogens is 317 g/mol. The van der Waals surface area contributed by atoms with Gasteiger partial charge in [0.1, 0.15) is 17.3 Å². The van der Waals surface area contributed by atoms with Crippen LogP contribution < -0.4 is 9.47 Å². The summed E-state index contributed by atoms with van der Waals surface area (Å²) in [5.74, 6) is 1.05. The second-order valence-corrected chi connectivity index (χ2v) is 6.45. The van der Waals surface area contributed by atoms with Crippen LogP contribution >= 0.6 is 0 Å². The van der Waals surface area contributed by atoms with E-state index in [0.29, 0.717) is 5.75 Å². The Kier molecular flexibility index (Phi) is 4.50. The molecule has 0 fully saturated rings. The number of benzene rings is 2. The van der Waals surface area contributed by atoms with Gasteiger partial charge < -0.3 is 9.47 Å². The third-order valence-electron chi connectivity index (χ3n) is 4.61. The summed E-state index contributed by atoms with van der Waals surface area (Å²) in [6.45, 7) is 8.23. The molecule has 0 saturated carbocycles. The molecule has 2 aromatic rings. The molecule has 2 aliphatic heterocycles. The molecule has 0 N–H and O–H groups in total. The van der Waals surface area contributed by atoms with E-state index in [-0.39, 0.29) is 18.5 Å². The summed E-state index contributed by atoms with van der Waals surface area (Å²) in [5, 5.41) is 9.03. The van der Waals surface area contributed by atoms with E-state index < -0.39 is 0 Å². The van der Waals surface area contributed by atoms with E-state index >= 15 is 0 Å². The van der Waals surface area contributed by atoms with E-state index in [1.54, 1.807) is 6.07 Å². The van der Waals surface area contributed by atoms with E-state index in [2.05, 4.69) is 19.9 Å². The summed E-state index contributed by atoms with van der Waals surface area (Å²) >= 11 is 0. The van der Waals surface area contributed by atoms with Gasteiger partial charge in [0.15, 0.2) is 0 Å². The van der Waals surface area contributed by atoms with Crippen LogP contribution in [0.15, 0.2) is 24.3 Å². The molecule has 25 heavy (non-hydrogen) atoms. The Labute approximate surface area is 147 Å². The minimum atomic E-state index is -0.360. The van der Waals surface area contributed by atoms with Crippen LogP contribution in [0.1, 0.15) is 42.0 Å². The lowest BCUT2D eigenvalue weighted by atomic mass is 9.83. The first-order valence-electron chi connectivity index (χ1n) is 8.24. The molecule has 4 heteroatoms. The zero-order valence-corrected chi connectivity index (χ0v) is 14.8. The zero-order valence-electron chi connectivity index (χ0n) is 14.8. The largest absolute Gasteiger partial charge is 0.457 e. The number of hydrogen-bond donors (Lipinski definition) is 0. The van der Waals surface area contributed by atoms with E-state index in [9.17, 15) is 4.39 Å². The van der Waals surface area contributed by atoms with Gasteiger partial charge in [0.25, 0.3) is 0 Å². The highest BCUT2D eigenvalue weighted by Gasteiger charge is 2.26. The number of nitrogens with zero attached hydrogens (tertiary/aromatic N) is 1. The number of allylic oxidation sites excluding steroid dienone is 1. The fourth-order valence-corrected chi connectivity index (χ4v) is 3.39. The predicted molar refractivity (Wildman–Crippen MR) is 96.2 cm³/mol. The van der Waals surface area contributed by atoms with Crippen molar-refractivity contribution in [3.63, 3.8) is 0 Å². The quantitative estimate of drug-likeness (QED) is 0.680. The SMILES string of the molecule is Cc1c(C)c2c(/C=C/C#N)c(C(C)C)c1OCOc1cc(F)ccc1-2. The first-order chi connectivity index (χ1) is 12.0. The Morgan fingerprint density at radius 2 is 1.96 bits per heavy atom. The fraction of sp³-hybridized carbons (Fsp3) is 0.286. The van der Waals surface area contributed by atoms with Gasteiger partial charge in [-0.1, -0.05) is 13.8 Å². The number of ether oxygens (including phenoxy) is 2. The van der Waals surface area contributed by atoms with Gasteiger partial charge in [-0.2, -0.15) is 5.26 Å². The second-order valence-electron chi connectivity index (χ2n) is 6.45. The van der Waals surface area contributed by atoms with Gasteiger partial charge in [0.2, 0.25) is 6.79 Å². The zero-order chi connectivity index (χ0) is 18.1. The highest BCUT2D eigenvalue weighted by atomic mass is 19.1. The van der Waals surface area contributed by atoms with E-state index in [4.69, 9.17) is 14.7 Å². The number of halogens is 1. The molecule has 2 aliphatic rings. The Balaban J connectivity index is 2.49. The number of fused-ring (bicyclic) bond motifs is 4. The van der Waals surface area contributed by atoms with Gasteiger partial charge in [-0.05, 0) is 60.2 Å². The van der Waals surface area contributed by atoms with Crippen LogP contribution in [0, 0.1) is 31.0 Å². The molecule has 4 rings (SSSR count). The summed E-state index contributed by atoms with van der Waals surface area (Å²) in [4.78, 5) is 0. The molecule has 0 radical (unpaired) electrons. The smallest absolute Gasteiger partial charge is 0.230 e. The summed E-state index contributed by atoms with van der Waals surface area (Å²) in [5.41, 5.74) is 5.79. The number of hydrogen-bond acceptors (Lipinski definition) is 3. The van der Waals surface area contributed by atoms with Crippen LogP contribution in [0.5, 0.6) is 11.5 Å². The van der Waals surface area contributed by atoms with Crippen molar-refractivity contribution in [1.82, 2.24) is 0 Å². The molecule has 3 nitrogen and oxygen atoms in total. The molecule has 0 saturated heterocycles. The number of rotatable bonds is 2. The average Bonchev–Trinajstić information content (AvgIpc) is 2.66. The van der Waals surface area contributed by atoms with E-state index in [1.165, 1.54) is 18.2 Å². The molecule has 2 heterocycles. The highest BCUT2D eigenvalue weighted by molar-refractivity contribution is 5.86. The lowest BCUT2D eigenvalue weighted by Gasteiger charge is -2.23. The van der Waals surface area contributed by atoms with Crippen molar-refractivity contribution in [3.05, 3.63) is 52.3 Å². The Bertz CT molecular complexity index is 907. The summed E-state index contributed by atoms with van der Waals surface area (Å²) < 4.78 is 25.4. The van der Waals surface area contributed by atoms with Crippen molar-refractivity contribution in [2.24, 2.45) is 0 Å². The van der Waals surface area contributed by atoms with Gasteiger partial charge in [-0.3, -0.25) is 0 Å². The minimum Gasteiger partial charge on any atom is -0.457 e. The lowest BCUT2D eigenvalue weighted by Crippen LogP contribution is -2.09.